The highest BCUT2D eigenvalue weighted by atomic mass is 16.2. The molecule has 2 aromatic rings. The number of fused-ring (bicyclic) bond motifs is 1. The molecule has 0 radical (unpaired) electrons. The Morgan fingerprint density at radius 2 is 2.04 bits per heavy atom. The van der Waals surface area contributed by atoms with E-state index in [0.29, 0.717) is 18.1 Å². The molecule has 3 rings (SSSR count). The number of carbonyl (C=O) groups excluding carboxylic acids is 1. The van der Waals surface area contributed by atoms with Crippen LogP contribution in [0.1, 0.15) is 17.3 Å². The van der Waals surface area contributed by atoms with Crippen LogP contribution in [-0.2, 0) is 0 Å². The first-order valence-corrected chi connectivity index (χ1v) is 8.70. The van der Waals surface area contributed by atoms with Gasteiger partial charge in [-0.25, -0.2) is 4.98 Å². The molecule has 0 saturated carbocycles. The van der Waals surface area contributed by atoms with Crippen molar-refractivity contribution in [3.8, 4) is 0 Å². The third-order valence-electron chi connectivity index (χ3n) is 4.63. The molecule has 1 aliphatic heterocycles. The predicted molar refractivity (Wildman–Crippen MR) is 96.9 cm³/mol. The van der Waals surface area contributed by atoms with E-state index in [0.717, 1.165) is 32.7 Å². The molecule has 1 aliphatic rings. The summed E-state index contributed by atoms with van der Waals surface area (Å²) >= 11 is 0. The van der Waals surface area contributed by atoms with E-state index in [4.69, 9.17) is 0 Å². The lowest BCUT2D eigenvalue weighted by Gasteiger charge is -2.33. The average molecular weight is 343 g/mol. The highest BCUT2D eigenvalue weighted by Gasteiger charge is 2.18. The van der Waals surface area contributed by atoms with Gasteiger partial charge in [0.15, 0.2) is 0 Å². The molecule has 0 unspecified atom stereocenters. The zero-order chi connectivity index (χ0) is 17.8. The maximum atomic E-state index is 12.4. The summed E-state index contributed by atoms with van der Waals surface area (Å²) < 4.78 is 1.39. The van der Waals surface area contributed by atoms with E-state index in [2.05, 4.69) is 34.1 Å². The van der Waals surface area contributed by atoms with E-state index in [-0.39, 0.29) is 17.0 Å². The Labute approximate surface area is 147 Å². The van der Waals surface area contributed by atoms with Crippen molar-refractivity contribution < 1.29 is 4.79 Å². The van der Waals surface area contributed by atoms with Crippen LogP contribution in [0.25, 0.3) is 5.65 Å². The molecule has 1 atom stereocenters. The number of aromatic nitrogens is 2. The second-order valence-electron chi connectivity index (χ2n) is 6.82. The molecule has 7 heteroatoms. The quantitative estimate of drug-likeness (QED) is 0.846. The molecule has 7 nitrogen and oxygen atoms in total. The molecule has 0 bridgehead atoms. The molecule has 3 heterocycles. The van der Waals surface area contributed by atoms with Crippen molar-refractivity contribution in [1.29, 1.82) is 0 Å². The van der Waals surface area contributed by atoms with Crippen LogP contribution < -0.4 is 10.9 Å². The maximum Gasteiger partial charge on any atom is 0.270 e. The van der Waals surface area contributed by atoms with Crippen molar-refractivity contribution in [2.24, 2.45) is 5.92 Å². The Balaban J connectivity index is 1.57. The van der Waals surface area contributed by atoms with Crippen LogP contribution in [0.15, 0.2) is 35.4 Å². The standard InChI is InChI=1S/C18H25N5O2/c1-14(13-22-9-7-21(2)8-10-22)11-20-17(24)15-12-19-16-5-3-4-6-23(16)18(15)25/h3-6,12,14H,7-11,13H2,1-2H3,(H,20,24)/t14-/m0/s1. The van der Waals surface area contributed by atoms with Gasteiger partial charge in [0.05, 0.1) is 0 Å². The Morgan fingerprint density at radius 3 is 2.80 bits per heavy atom. The molecule has 1 fully saturated rings. The number of pyridine rings is 1. The second-order valence-corrected chi connectivity index (χ2v) is 6.82. The minimum absolute atomic E-state index is 0.0792. The number of piperazine rings is 1. The SMILES string of the molecule is C[C@@H](CNC(=O)c1cnc2ccccn2c1=O)CN1CCN(C)CC1. The summed E-state index contributed by atoms with van der Waals surface area (Å²) in [5, 5.41) is 2.87. The van der Waals surface area contributed by atoms with E-state index in [1.807, 2.05) is 6.07 Å². The molecule has 1 saturated heterocycles. The lowest BCUT2D eigenvalue weighted by Crippen LogP contribution is -2.47. The summed E-state index contributed by atoms with van der Waals surface area (Å²) in [5.41, 5.74) is 0.276. The fourth-order valence-electron chi connectivity index (χ4n) is 3.08. The smallest absolute Gasteiger partial charge is 0.270 e. The predicted octanol–water partition coefficient (Wildman–Crippen LogP) is 0.308. The summed E-state index contributed by atoms with van der Waals surface area (Å²) in [4.78, 5) is 33.7. The number of hydrogen-bond donors (Lipinski definition) is 1. The highest BCUT2D eigenvalue weighted by molar-refractivity contribution is 5.93. The van der Waals surface area contributed by atoms with Crippen molar-refractivity contribution in [2.45, 2.75) is 6.92 Å². The first-order valence-electron chi connectivity index (χ1n) is 8.70. The number of likely N-dealkylation sites (N-methyl/N-ethyl adjacent to an activating group) is 1. The third kappa shape index (κ3) is 4.24. The van der Waals surface area contributed by atoms with Crippen molar-refractivity contribution >= 4 is 11.6 Å². The number of amides is 1. The van der Waals surface area contributed by atoms with Gasteiger partial charge in [-0.3, -0.25) is 14.0 Å². The normalized spacial score (nSPS) is 17.5. The monoisotopic (exact) mass is 343 g/mol. The largest absolute Gasteiger partial charge is 0.351 e. The van der Waals surface area contributed by atoms with Gasteiger partial charge in [0.1, 0.15) is 11.2 Å². The summed E-state index contributed by atoms with van der Waals surface area (Å²) in [6, 6.07) is 5.29. The second kappa shape index (κ2) is 7.76. The Bertz CT molecular complexity index is 795. The summed E-state index contributed by atoms with van der Waals surface area (Å²) in [7, 11) is 2.14. The molecule has 2 aromatic heterocycles. The molecular weight excluding hydrogens is 318 g/mol. The van der Waals surface area contributed by atoms with E-state index < -0.39 is 0 Å². The zero-order valence-corrected chi connectivity index (χ0v) is 14.8. The van der Waals surface area contributed by atoms with E-state index in [1.54, 1.807) is 18.3 Å². The molecular formula is C18H25N5O2. The third-order valence-corrected chi connectivity index (χ3v) is 4.63. The van der Waals surface area contributed by atoms with Gasteiger partial charge in [-0.2, -0.15) is 0 Å². The number of nitrogens with zero attached hydrogens (tertiary/aromatic N) is 4. The Morgan fingerprint density at radius 1 is 1.28 bits per heavy atom. The van der Waals surface area contributed by atoms with Crippen LogP contribution in [0, 0.1) is 5.92 Å². The number of hydrogen-bond acceptors (Lipinski definition) is 5. The van der Waals surface area contributed by atoms with E-state index >= 15 is 0 Å². The van der Waals surface area contributed by atoms with Crippen molar-refractivity contribution in [1.82, 2.24) is 24.5 Å². The van der Waals surface area contributed by atoms with Gasteiger partial charge >= 0.3 is 0 Å². The van der Waals surface area contributed by atoms with Crippen LogP contribution in [0.3, 0.4) is 0 Å². The lowest BCUT2D eigenvalue weighted by atomic mass is 10.1. The van der Waals surface area contributed by atoms with E-state index in [9.17, 15) is 9.59 Å². The van der Waals surface area contributed by atoms with Gasteiger partial charge in [0, 0.05) is 51.7 Å². The van der Waals surface area contributed by atoms with E-state index in [1.165, 1.54) is 10.6 Å². The molecule has 1 N–H and O–H groups in total. The molecule has 0 spiro atoms. The zero-order valence-electron chi connectivity index (χ0n) is 14.8. The molecule has 0 aromatic carbocycles. The fourth-order valence-corrected chi connectivity index (χ4v) is 3.08. The Kier molecular flexibility index (Phi) is 5.45. The maximum absolute atomic E-state index is 12.4. The number of nitrogens with one attached hydrogen (secondary N) is 1. The van der Waals surface area contributed by atoms with Crippen molar-refractivity contribution in [3.05, 3.63) is 46.5 Å². The van der Waals surface area contributed by atoms with Crippen LogP contribution in [0.5, 0.6) is 0 Å². The highest BCUT2D eigenvalue weighted by Crippen LogP contribution is 2.04. The summed E-state index contributed by atoms with van der Waals surface area (Å²) in [6.45, 7) is 7.89. The average Bonchev–Trinajstić information content (AvgIpc) is 2.62. The van der Waals surface area contributed by atoms with Gasteiger partial charge in [-0.15, -0.1) is 0 Å². The van der Waals surface area contributed by atoms with Crippen LogP contribution >= 0.6 is 0 Å². The van der Waals surface area contributed by atoms with Gasteiger partial charge < -0.3 is 15.1 Å². The Hall–Kier alpha value is -2.25. The molecule has 0 aliphatic carbocycles. The van der Waals surface area contributed by atoms with Gasteiger partial charge in [-0.05, 0) is 25.1 Å². The number of rotatable bonds is 5. The number of carbonyl (C=O) groups is 1. The molecule has 25 heavy (non-hydrogen) atoms. The molecule has 1 amide bonds. The topological polar surface area (TPSA) is 70.0 Å². The van der Waals surface area contributed by atoms with Crippen molar-refractivity contribution in [3.63, 3.8) is 0 Å². The molecule has 134 valence electrons. The van der Waals surface area contributed by atoms with Gasteiger partial charge in [0.2, 0.25) is 0 Å². The van der Waals surface area contributed by atoms with Crippen LogP contribution in [0.4, 0.5) is 0 Å². The summed E-state index contributed by atoms with van der Waals surface area (Å²) in [6.07, 6.45) is 2.98. The van der Waals surface area contributed by atoms with Gasteiger partial charge in [-0.1, -0.05) is 13.0 Å². The summed E-state index contributed by atoms with van der Waals surface area (Å²) in [5.74, 6) is -0.0375. The van der Waals surface area contributed by atoms with Crippen LogP contribution in [-0.4, -0.2) is 71.4 Å². The van der Waals surface area contributed by atoms with Crippen LogP contribution in [0.2, 0.25) is 0 Å². The first kappa shape index (κ1) is 17.6. The minimum Gasteiger partial charge on any atom is -0.351 e. The first-order chi connectivity index (χ1) is 12.0. The lowest BCUT2D eigenvalue weighted by molar-refractivity contribution is 0.0935. The minimum atomic E-state index is -0.360. The van der Waals surface area contributed by atoms with Gasteiger partial charge in [0.25, 0.3) is 11.5 Å². The fraction of sp³-hybridized carbons (Fsp3) is 0.500. The van der Waals surface area contributed by atoms with Crippen molar-refractivity contribution in [2.75, 3.05) is 46.3 Å².